The van der Waals surface area contributed by atoms with Gasteiger partial charge < -0.3 is 4.90 Å². The van der Waals surface area contributed by atoms with Crippen LogP contribution in [0.3, 0.4) is 0 Å². The van der Waals surface area contributed by atoms with Crippen LogP contribution in [0.2, 0.25) is 0 Å². The average molecular weight is 256 g/mol. The van der Waals surface area contributed by atoms with Gasteiger partial charge in [0.05, 0.1) is 0 Å². The molecule has 0 amide bonds. The molecule has 1 nitrogen and oxygen atoms in total. The fourth-order valence-corrected chi connectivity index (χ4v) is 5.65. The molecule has 3 atom stereocenters. The Labute approximate surface area is 111 Å². The maximum atomic E-state index is 6.72. The van der Waals surface area contributed by atoms with E-state index in [4.69, 9.17) is 11.6 Å². The molecule has 1 heterocycles. The van der Waals surface area contributed by atoms with E-state index in [0.717, 1.165) is 5.92 Å². The van der Waals surface area contributed by atoms with Crippen LogP contribution in [-0.2, 0) is 0 Å². The van der Waals surface area contributed by atoms with Gasteiger partial charge in [0.25, 0.3) is 0 Å². The third-order valence-electron chi connectivity index (χ3n) is 6.41. The minimum Gasteiger partial charge on any atom is -0.303 e. The molecule has 2 bridgehead atoms. The Bertz CT molecular complexity index is 295. The fraction of sp³-hybridized carbons (Fsp3) is 1.00. The molecule has 0 aromatic heterocycles. The van der Waals surface area contributed by atoms with Crippen molar-refractivity contribution in [2.75, 3.05) is 19.6 Å². The smallest absolute Gasteiger partial charge is 0.0400 e. The lowest BCUT2D eigenvalue weighted by Crippen LogP contribution is -2.39. The molecule has 1 aliphatic heterocycles. The molecule has 3 rings (SSSR count). The van der Waals surface area contributed by atoms with Crippen molar-refractivity contribution in [1.29, 1.82) is 0 Å². The van der Waals surface area contributed by atoms with Crippen molar-refractivity contribution < 1.29 is 0 Å². The largest absolute Gasteiger partial charge is 0.303 e. The Kier molecular flexibility index (Phi) is 2.99. The SMILES string of the molecule is CC1(C)C2CCC1(CCN1CCCC1)C(Cl)C2. The van der Waals surface area contributed by atoms with Crippen LogP contribution >= 0.6 is 11.6 Å². The third kappa shape index (κ3) is 1.69. The summed E-state index contributed by atoms with van der Waals surface area (Å²) in [5, 5.41) is 0.443. The van der Waals surface area contributed by atoms with E-state index >= 15 is 0 Å². The molecule has 3 unspecified atom stereocenters. The number of rotatable bonds is 3. The maximum Gasteiger partial charge on any atom is 0.0400 e. The molecule has 0 spiro atoms. The molecule has 2 heteroatoms. The highest BCUT2D eigenvalue weighted by Gasteiger charge is 2.62. The van der Waals surface area contributed by atoms with Gasteiger partial charge in [-0.3, -0.25) is 0 Å². The minimum absolute atomic E-state index is 0.443. The number of halogens is 1. The van der Waals surface area contributed by atoms with E-state index in [1.54, 1.807) is 0 Å². The summed E-state index contributed by atoms with van der Waals surface area (Å²) in [6, 6.07) is 0. The summed E-state index contributed by atoms with van der Waals surface area (Å²) in [5.41, 5.74) is 0.932. The molecule has 3 aliphatic rings. The number of likely N-dealkylation sites (tertiary alicyclic amines) is 1. The summed E-state index contributed by atoms with van der Waals surface area (Å²) >= 11 is 6.72. The highest BCUT2D eigenvalue weighted by molar-refractivity contribution is 6.21. The molecule has 17 heavy (non-hydrogen) atoms. The Morgan fingerprint density at radius 1 is 1.24 bits per heavy atom. The second-order valence-electron chi connectivity index (χ2n) is 7.12. The molecule has 0 aromatic rings. The first-order valence-corrected chi connectivity index (χ1v) is 7.86. The highest BCUT2D eigenvalue weighted by Crippen LogP contribution is 2.68. The molecule has 1 saturated heterocycles. The van der Waals surface area contributed by atoms with Gasteiger partial charge in [0.1, 0.15) is 0 Å². The van der Waals surface area contributed by atoms with E-state index in [9.17, 15) is 0 Å². The van der Waals surface area contributed by atoms with E-state index in [0.29, 0.717) is 16.2 Å². The highest BCUT2D eigenvalue weighted by atomic mass is 35.5. The first-order valence-electron chi connectivity index (χ1n) is 7.43. The van der Waals surface area contributed by atoms with Crippen LogP contribution in [0.1, 0.15) is 52.4 Å². The summed E-state index contributed by atoms with van der Waals surface area (Å²) in [4.78, 5) is 2.65. The number of fused-ring (bicyclic) bond motifs is 2. The quantitative estimate of drug-likeness (QED) is 0.692. The summed E-state index contributed by atoms with van der Waals surface area (Å²) in [6.45, 7) is 8.91. The molecule has 3 fully saturated rings. The lowest BCUT2D eigenvalue weighted by molar-refractivity contribution is 0.103. The second kappa shape index (κ2) is 4.13. The predicted molar refractivity (Wildman–Crippen MR) is 73.5 cm³/mol. The summed E-state index contributed by atoms with van der Waals surface area (Å²) in [5.74, 6) is 0.892. The minimum atomic E-state index is 0.443. The summed E-state index contributed by atoms with van der Waals surface area (Å²) in [6.07, 6.45) is 8.23. The van der Waals surface area contributed by atoms with Crippen LogP contribution in [0.5, 0.6) is 0 Å². The third-order valence-corrected chi connectivity index (χ3v) is 7.00. The van der Waals surface area contributed by atoms with Crippen LogP contribution < -0.4 is 0 Å². The van der Waals surface area contributed by atoms with Gasteiger partial charge in [-0.25, -0.2) is 0 Å². The zero-order chi connectivity index (χ0) is 12.1. The molecule has 0 radical (unpaired) electrons. The lowest BCUT2D eigenvalue weighted by atomic mass is 9.67. The average Bonchev–Trinajstić information content (AvgIpc) is 2.91. The van der Waals surface area contributed by atoms with Crippen LogP contribution in [0.25, 0.3) is 0 Å². The molecule has 2 saturated carbocycles. The Balaban J connectivity index is 1.70. The fourth-order valence-electron chi connectivity index (χ4n) is 4.94. The van der Waals surface area contributed by atoms with Gasteiger partial charge in [-0.1, -0.05) is 13.8 Å². The Morgan fingerprint density at radius 2 is 1.94 bits per heavy atom. The van der Waals surface area contributed by atoms with Crippen molar-refractivity contribution in [2.24, 2.45) is 16.7 Å². The first-order chi connectivity index (χ1) is 8.06. The Hall–Kier alpha value is 0.250. The number of hydrogen-bond acceptors (Lipinski definition) is 1. The van der Waals surface area contributed by atoms with Gasteiger partial charge in [0.15, 0.2) is 0 Å². The van der Waals surface area contributed by atoms with E-state index in [2.05, 4.69) is 18.7 Å². The van der Waals surface area contributed by atoms with Gasteiger partial charge in [-0.2, -0.15) is 0 Å². The topological polar surface area (TPSA) is 3.24 Å². The molecule has 0 N–H and O–H groups in total. The van der Waals surface area contributed by atoms with Crippen LogP contribution in [-0.4, -0.2) is 29.9 Å². The molecule has 2 aliphatic carbocycles. The van der Waals surface area contributed by atoms with Crippen molar-refractivity contribution >= 4 is 11.6 Å². The van der Waals surface area contributed by atoms with Crippen molar-refractivity contribution in [3.05, 3.63) is 0 Å². The molecular weight excluding hydrogens is 230 g/mol. The van der Waals surface area contributed by atoms with Crippen LogP contribution in [0.15, 0.2) is 0 Å². The molecule has 0 aromatic carbocycles. The first kappa shape index (κ1) is 12.3. The van der Waals surface area contributed by atoms with Gasteiger partial charge in [0.2, 0.25) is 0 Å². The second-order valence-corrected chi connectivity index (χ2v) is 7.64. The summed E-state index contributed by atoms with van der Waals surface area (Å²) in [7, 11) is 0. The Morgan fingerprint density at radius 3 is 2.47 bits per heavy atom. The van der Waals surface area contributed by atoms with E-state index < -0.39 is 0 Å². The molecular formula is C15H26ClN. The van der Waals surface area contributed by atoms with Gasteiger partial charge in [-0.15, -0.1) is 11.6 Å². The lowest BCUT2D eigenvalue weighted by Gasteiger charge is -2.41. The van der Waals surface area contributed by atoms with E-state index in [1.165, 1.54) is 58.2 Å². The van der Waals surface area contributed by atoms with Gasteiger partial charge in [0, 0.05) is 5.38 Å². The van der Waals surface area contributed by atoms with E-state index in [-0.39, 0.29) is 0 Å². The van der Waals surface area contributed by atoms with Crippen LogP contribution in [0.4, 0.5) is 0 Å². The normalized spacial score (nSPS) is 44.6. The van der Waals surface area contributed by atoms with Gasteiger partial charge in [-0.05, 0) is 74.9 Å². The van der Waals surface area contributed by atoms with Crippen molar-refractivity contribution in [3.63, 3.8) is 0 Å². The maximum absolute atomic E-state index is 6.72. The van der Waals surface area contributed by atoms with Crippen molar-refractivity contribution in [3.8, 4) is 0 Å². The predicted octanol–water partition coefficient (Wildman–Crippen LogP) is 3.91. The monoisotopic (exact) mass is 255 g/mol. The number of hydrogen-bond donors (Lipinski definition) is 0. The summed E-state index contributed by atoms with van der Waals surface area (Å²) < 4.78 is 0. The van der Waals surface area contributed by atoms with Crippen LogP contribution in [0, 0.1) is 16.7 Å². The van der Waals surface area contributed by atoms with Crippen molar-refractivity contribution in [2.45, 2.75) is 57.7 Å². The molecule has 98 valence electrons. The van der Waals surface area contributed by atoms with E-state index in [1.807, 2.05) is 0 Å². The standard InChI is InChI=1S/C15H26ClN/c1-14(2)12-5-6-15(14,13(16)11-12)7-10-17-8-3-4-9-17/h12-13H,3-11H2,1-2H3. The zero-order valence-electron chi connectivity index (χ0n) is 11.3. The number of nitrogens with zero attached hydrogens (tertiary/aromatic N) is 1. The van der Waals surface area contributed by atoms with Crippen molar-refractivity contribution in [1.82, 2.24) is 4.90 Å². The zero-order valence-corrected chi connectivity index (χ0v) is 12.1. The van der Waals surface area contributed by atoms with Gasteiger partial charge >= 0.3 is 0 Å². The number of alkyl halides is 1.